The van der Waals surface area contributed by atoms with E-state index < -0.39 is 16.6 Å². The number of anilines is 2. The van der Waals surface area contributed by atoms with Gasteiger partial charge in [0.25, 0.3) is 0 Å². The van der Waals surface area contributed by atoms with Crippen LogP contribution in [0.25, 0.3) is 0 Å². The number of rotatable bonds is 6. The summed E-state index contributed by atoms with van der Waals surface area (Å²) in [6.45, 7) is 5.99. The van der Waals surface area contributed by atoms with E-state index in [-0.39, 0.29) is 17.4 Å². The molecule has 1 aromatic heterocycles. The molecule has 1 atom stereocenters. The first-order chi connectivity index (χ1) is 14.7. The van der Waals surface area contributed by atoms with Crippen LogP contribution >= 0.6 is 0 Å². The number of nitrogens with zero attached hydrogens (tertiary/aromatic N) is 2. The number of carbonyl (C=O) groups is 1. The molecule has 0 spiro atoms. The van der Waals surface area contributed by atoms with Crippen LogP contribution in [0.15, 0.2) is 30.3 Å². The molecule has 0 aliphatic heterocycles. The fourth-order valence-electron chi connectivity index (χ4n) is 3.65. The number of ether oxygens (including phenoxy) is 2. The Morgan fingerprint density at radius 1 is 1.29 bits per heavy atom. The van der Waals surface area contributed by atoms with E-state index in [1.807, 2.05) is 39.0 Å². The molecule has 1 aliphatic carbocycles. The number of aryl methyl sites for hydroxylation is 1. The minimum absolute atomic E-state index is 0.127. The molecule has 3 rings (SSSR count). The number of pyridine rings is 1. The summed E-state index contributed by atoms with van der Waals surface area (Å²) in [7, 11) is 1.46. The molecule has 1 unspecified atom stereocenters. The van der Waals surface area contributed by atoms with Crippen LogP contribution in [-0.2, 0) is 11.2 Å². The summed E-state index contributed by atoms with van der Waals surface area (Å²) in [6, 6.07) is 8.68. The molecule has 9 nitrogen and oxygen atoms in total. The van der Waals surface area contributed by atoms with E-state index in [0.29, 0.717) is 18.1 Å². The van der Waals surface area contributed by atoms with Crippen molar-refractivity contribution >= 4 is 23.3 Å². The zero-order chi connectivity index (χ0) is 22.6. The molecule has 0 fully saturated rings. The highest BCUT2D eigenvalue weighted by atomic mass is 16.6. The predicted molar refractivity (Wildman–Crippen MR) is 117 cm³/mol. The zero-order valence-corrected chi connectivity index (χ0v) is 18.2. The molecule has 1 amide bonds. The van der Waals surface area contributed by atoms with Gasteiger partial charge in [-0.3, -0.25) is 10.1 Å². The van der Waals surface area contributed by atoms with Gasteiger partial charge in [-0.2, -0.15) is 4.98 Å². The Bertz CT molecular complexity index is 971. The van der Waals surface area contributed by atoms with Gasteiger partial charge in [0, 0.05) is 30.3 Å². The number of alkyl carbamates (subject to hydrolysis) is 1. The predicted octanol–water partition coefficient (Wildman–Crippen LogP) is 4.69. The highest BCUT2D eigenvalue weighted by molar-refractivity contribution is 5.68. The average molecular weight is 428 g/mol. The Balaban J connectivity index is 1.75. The van der Waals surface area contributed by atoms with Gasteiger partial charge in [-0.15, -0.1) is 0 Å². The van der Waals surface area contributed by atoms with Gasteiger partial charge in [-0.05, 0) is 63.3 Å². The zero-order valence-electron chi connectivity index (χ0n) is 18.2. The largest absolute Gasteiger partial charge is 0.481 e. The summed E-state index contributed by atoms with van der Waals surface area (Å²) in [5, 5.41) is 17.2. The summed E-state index contributed by atoms with van der Waals surface area (Å²) in [5.74, 6) is 0.609. The van der Waals surface area contributed by atoms with Crippen molar-refractivity contribution in [3.05, 3.63) is 51.6 Å². The van der Waals surface area contributed by atoms with Crippen molar-refractivity contribution in [2.75, 3.05) is 19.0 Å². The lowest BCUT2D eigenvalue weighted by molar-refractivity contribution is -0.384. The lowest BCUT2D eigenvalue weighted by Crippen LogP contribution is -2.35. The molecule has 2 N–H and O–H groups in total. The minimum atomic E-state index is -0.536. The molecule has 2 aromatic rings. The molecular weight excluding hydrogens is 400 g/mol. The van der Waals surface area contributed by atoms with Crippen LogP contribution in [0, 0.1) is 10.1 Å². The van der Waals surface area contributed by atoms with E-state index in [1.54, 1.807) is 0 Å². The lowest BCUT2D eigenvalue weighted by Gasteiger charge is -2.27. The number of hydrogen-bond acceptors (Lipinski definition) is 7. The summed E-state index contributed by atoms with van der Waals surface area (Å²) in [5.41, 5.74) is 2.37. The number of nitro groups is 1. The number of carbonyl (C=O) groups excluding carboxylic acids is 1. The third-order valence-corrected chi connectivity index (χ3v) is 4.99. The maximum atomic E-state index is 12.0. The van der Waals surface area contributed by atoms with Gasteiger partial charge in [0.15, 0.2) is 0 Å². The molecular formula is C22H28N4O5. The summed E-state index contributed by atoms with van der Waals surface area (Å²) >= 11 is 0. The normalized spacial score (nSPS) is 15.5. The minimum Gasteiger partial charge on any atom is -0.481 e. The standard InChI is InChI=1S/C22H28N4O5/c1-22(2,3)31-21(27)23-13-15-7-5-6-14-12-16(8-9-17(14)15)24-20-18(26(28)29)10-11-19(25-20)30-4/h8-12,15H,5-7,13H2,1-4H3,(H,23,27)(H,24,25). The third kappa shape index (κ3) is 5.84. The highest BCUT2D eigenvalue weighted by Gasteiger charge is 2.23. The molecule has 0 bridgehead atoms. The van der Waals surface area contributed by atoms with E-state index >= 15 is 0 Å². The Morgan fingerprint density at radius 3 is 2.74 bits per heavy atom. The maximum absolute atomic E-state index is 12.0. The average Bonchev–Trinajstić information content (AvgIpc) is 2.70. The SMILES string of the molecule is COc1ccc([N+](=O)[O-])c(Nc2ccc3c(c2)CCCC3CNC(=O)OC(C)(C)C)n1. The number of methoxy groups -OCH3 is 1. The first-order valence-corrected chi connectivity index (χ1v) is 10.2. The lowest BCUT2D eigenvalue weighted by atomic mass is 9.82. The smallest absolute Gasteiger partial charge is 0.407 e. The Morgan fingerprint density at radius 2 is 2.06 bits per heavy atom. The van der Waals surface area contributed by atoms with Crippen molar-refractivity contribution in [3.8, 4) is 5.88 Å². The molecule has 1 aliphatic rings. The monoisotopic (exact) mass is 428 g/mol. The second kappa shape index (κ2) is 9.20. The van der Waals surface area contributed by atoms with Crippen molar-refractivity contribution in [2.24, 2.45) is 0 Å². The summed E-state index contributed by atoms with van der Waals surface area (Å²) in [6.07, 6.45) is 2.45. The van der Waals surface area contributed by atoms with Crippen molar-refractivity contribution < 1.29 is 19.2 Å². The van der Waals surface area contributed by atoms with Gasteiger partial charge in [-0.25, -0.2) is 4.79 Å². The van der Waals surface area contributed by atoms with Gasteiger partial charge < -0.3 is 20.1 Å². The summed E-state index contributed by atoms with van der Waals surface area (Å²) < 4.78 is 10.4. The highest BCUT2D eigenvalue weighted by Crippen LogP contribution is 2.35. The fraction of sp³-hybridized carbons (Fsp3) is 0.455. The number of nitrogens with one attached hydrogen (secondary N) is 2. The van der Waals surface area contributed by atoms with Crippen LogP contribution in [0.5, 0.6) is 5.88 Å². The van der Waals surface area contributed by atoms with Crippen LogP contribution in [0.4, 0.5) is 22.0 Å². The second-order valence-electron chi connectivity index (χ2n) is 8.49. The van der Waals surface area contributed by atoms with Crippen molar-refractivity contribution in [1.29, 1.82) is 0 Å². The number of benzene rings is 1. The maximum Gasteiger partial charge on any atom is 0.407 e. The van der Waals surface area contributed by atoms with Crippen LogP contribution in [0.3, 0.4) is 0 Å². The quantitative estimate of drug-likeness (QED) is 0.507. The third-order valence-electron chi connectivity index (χ3n) is 4.99. The van der Waals surface area contributed by atoms with Gasteiger partial charge in [0.05, 0.1) is 12.0 Å². The van der Waals surface area contributed by atoms with Crippen LogP contribution in [0.1, 0.15) is 50.7 Å². The second-order valence-corrected chi connectivity index (χ2v) is 8.49. The summed E-state index contributed by atoms with van der Waals surface area (Å²) in [4.78, 5) is 27.0. The van der Waals surface area contributed by atoms with Gasteiger partial charge in [0.1, 0.15) is 5.60 Å². The van der Waals surface area contributed by atoms with Crippen molar-refractivity contribution in [3.63, 3.8) is 0 Å². The molecule has 0 saturated heterocycles. The fourth-order valence-corrected chi connectivity index (χ4v) is 3.65. The molecule has 0 saturated carbocycles. The van der Waals surface area contributed by atoms with Crippen LogP contribution in [-0.4, -0.2) is 35.3 Å². The topological polar surface area (TPSA) is 116 Å². The molecule has 31 heavy (non-hydrogen) atoms. The van der Waals surface area contributed by atoms with E-state index in [0.717, 1.165) is 24.8 Å². The number of aromatic nitrogens is 1. The van der Waals surface area contributed by atoms with Crippen molar-refractivity contribution in [1.82, 2.24) is 10.3 Å². The first-order valence-electron chi connectivity index (χ1n) is 10.2. The molecule has 166 valence electrons. The van der Waals surface area contributed by atoms with Crippen molar-refractivity contribution in [2.45, 2.75) is 51.6 Å². The van der Waals surface area contributed by atoms with Gasteiger partial charge in [0.2, 0.25) is 11.7 Å². The number of hydrogen-bond donors (Lipinski definition) is 2. The molecule has 1 heterocycles. The van der Waals surface area contributed by atoms with Crippen LogP contribution in [0.2, 0.25) is 0 Å². The van der Waals surface area contributed by atoms with E-state index in [2.05, 4.69) is 15.6 Å². The molecule has 0 radical (unpaired) electrons. The van der Waals surface area contributed by atoms with E-state index in [9.17, 15) is 14.9 Å². The van der Waals surface area contributed by atoms with E-state index in [1.165, 1.54) is 24.8 Å². The Labute approximate surface area is 181 Å². The van der Waals surface area contributed by atoms with Crippen LogP contribution < -0.4 is 15.4 Å². The number of amides is 1. The van der Waals surface area contributed by atoms with E-state index in [4.69, 9.17) is 9.47 Å². The Hall–Kier alpha value is -3.36. The molecule has 1 aromatic carbocycles. The number of fused-ring (bicyclic) bond motifs is 1. The molecule has 9 heteroatoms. The Kier molecular flexibility index (Phi) is 6.62. The van der Waals surface area contributed by atoms with Gasteiger partial charge >= 0.3 is 11.8 Å². The van der Waals surface area contributed by atoms with Gasteiger partial charge in [-0.1, -0.05) is 6.07 Å². The first kappa shape index (κ1) is 22.3.